The smallest absolute Gasteiger partial charge is 0.387 e. The second kappa shape index (κ2) is 5.04. The van der Waals surface area contributed by atoms with Gasteiger partial charge in [-0.3, -0.25) is 4.79 Å². The molecule has 5 heteroatoms. The van der Waals surface area contributed by atoms with Crippen molar-refractivity contribution in [2.24, 2.45) is 11.8 Å². The normalized spacial score (nSPS) is 28.6. The lowest BCUT2D eigenvalue weighted by atomic mass is 9.85. The molecule has 108 valence electrons. The Balaban J connectivity index is 1.89. The number of carbonyl (C=O) groups is 1. The van der Waals surface area contributed by atoms with Crippen molar-refractivity contribution in [3.05, 3.63) is 23.8 Å². The van der Waals surface area contributed by atoms with Gasteiger partial charge >= 0.3 is 6.61 Å². The minimum absolute atomic E-state index is 0.0201. The summed E-state index contributed by atoms with van der Waals surface area (Å²) < 4.78 is 29.0. The second-order valence-electron chi connectivity index (χ2n) is 5.77. The van der Waals surface area contributed by atoms with E-state index in [0.717, 1.165) is 30.5 Å². The van der Waals surface area contributed by atoms with Gasteiger partial charge in [0, 0.05) is 5.69 Å². The average molecular weight is 281 g/mol. The van der Waals surface area contributed by atoms with Gasteiger partial charge in [-0.05, 0) is 48.4 Å². The van der Waals surface area contributed by atoms with E-state index in [9.17, 15) is 13.6 Å². The molecule has 1 fully saturated rings. The van der Waals surface area contributed by atoms with Gasteiger partial charge in [0.2, 0.25) is 5.91 Å². The van der Waals surface area contributed by atoms with Crippen LogP contribution in [0.4, 0.5) is 14.5 Å². The van der Waals surface area contributed by atoms with Crippen LogP contribution in [0.2, 0.25) is 0 Å². The maximum atomic E-state index is 12.3. The molecule has 1 saturated carbocycles. The molecule has 1 amide bonds. The van der Waals surface area contributed by atoms with E-state index in [-0.39, 0.29) is 17.6 Å². The predicted molar refractivity (Wildman–Crippen MR) is 70.9 cm³/mol. The molecule has 0 bridgehead atoms. The molecule has 1 aromatic carbocycles. The fraction of sp³-hybridized carbons (Fsp3) is 0.533. The molecule has 0 saturated heterocycles. The summed E-state index contributed by atoms with van der Waals surface area (Å²) in [6, 6.07) is 4.68. The molecule has 3 atom stereocenters. The van der Waals surface area contributed by atoms with E-state index in [1.807, 2.05) is 0 Å². The maximum Gasteiger partial charge on any atom is 0.387 e. The first-order valence-electron chi connectivity index (χ1n) is 6.94. The van der Waals surface area contributed by atoms with Gasteiger partial charge in [-0.2, -0.15) is 8.78 Å². The van der Waals surface area contributed by atoms with Gasteiger partial charge < -0.3 is 10.1 Å². The van der Waals surface area contributed by atoms with E-state index in [1.165, 1.54) is 6.07 Å². The summed E-state index contributed by atoms with van der Waals surface area (Å²) in [5, 5.41) is 2.84. The standard InChI is InChI=1S/C15H17F2NO2/c1-8-2-3-9(6-8)13-11-7-10(20-15(16)17)4-5-12(11)18-14(13)19/h4-5,7-9,13,15H,2-3,6H2,1H3,(H,18,19). The van der Waals surface area contributed by atoms with Gasteiger partial charge in [0.1, 0.15) is 5.75 Å². The Morgan fingerprint density at radius 1 is 1.35 bits per heavy atom. The molecule has 1 aromatic rings. The van der Waals surface area contributed by atoms with Crippen LogP contribution >= 0.6 is 0 Å². The highest BCUT2D eigenvalue weighted by molar-refractivity contribution is 6.03. The van der Waals surface area contributed by atoms with Gasteiger partial charge in [0.15, 0.2) is 0 Å². The van der Waals surface area contributed by atoms with E-state index in [4.69, 9.17) is 0 Å². The first-order chi connectivity index (χ1) is 9.54. The lowest BCUT2D eigenvalue weighted by molar-refractivity contribution is -0.118. The molecular weight excluding hydrogens is 264 g/mol. The highest BCUT2D eigenvalue weighted by Gasteiger charge is 2.39. The van der Waals surface area contributed by atoms with Crippen molar-refractivity contribution >= 4 is 11.6 Å². The minimum atomic E-state index is -2.84. The summed E-state index contributed by atoms with van der Waals surface area (Å²) in [6.45, 7) is -0.660. The Labute approximate surface area is 116 Å². The number of anilines is 1. The van der Waals surface area contributed by atoms with E-state index in [2.05, 4.69) is 17.0 Å². The summed E-state index contributed by atoms with van der Waals surface area (Å²) in [5.41, 5.74) is 1.52. The van der Waals surface area contributed by atoms with Crippen molar-refractivity contribution in [1.82, 2.24) is 0 Å². The Kier molecular flexibility index (Phi) is 3.36. The Morgan fingerprint density at radius 2 is 2.15 bits per heavy atom. The third kappa shape index (κ3) is 2.37. The number of alkyl halides is 2. The molecule has 0 aromatic heterocycles. The number of hydrogen-bond acceptors (Lipinski definition) is 2. The molecule has 3 nitrogen and oxygen atoms in total. The molecule has 20 heavy (non-hydrogen) atoms. The molecular formula is C15H17F2NO2. The van der Waals surface area contributed by atoms with Crippen LogP contribution in [0.5, 0.6) is 5.75 Å². The summed E-state index contributed by atoms with van der Waals surface area (Å²) in [4.78, 5) is 12.2. The van der Waals surface area contributed by atoms with Crippen molar-refractivity contribution in [3.8, 4) is 5.75 Å². The van der Waals surface area contributed by atoms with E-state index >= 15 is 0 Å². The van der Waals surface area contributed by atoms with Gasteiger partial charge in [-0.25, -0.2) is 0 Å². The molecule has 3 rings (SSSR count). The SMILES string of the molecule is CC1CCC(C2C(=O)Nc3ccc(OC(F)F)cc32)C1. The zero-order valence-corrected chi connectivity index (χ0v) is 11.2. The van der Waals surface area contributed by atoms with E-state index in [0.29, 0.717) is 11.8 Å². The van der Waals surface area contributed by atoms with E-state index in [1.54, 1.807) is 12.1 Å². The van der Waals surface area contributed by atoms with Crippen molar-refractivity contribution in [3.63, 3.8) is 0 Å². The van der Waals surface area contributed by atoms with E-state index < -0.39 is 6.61 Å². The number of benzene rings is 1. The van der Waals surface area contributed by atoms with Crippen LogP contribution in [0, 0.1) is 11.8 Å². The zero-order valence-electron chi connectivity index (χ0n) is 11.2. The van der Waals surface area contributed by atoms with Crippen LogP contribution < -0.4 is 10.1 Å². The monoisotopic (exact) mass is 281 g/mol. The number of amides is 1. The van der Waals surface area contributed by atoms with Crippen molar-refractivity contribution in [1.29, 1.82) is 0 Å². The Bertz CT molecular complexity index is 533. The van der Waals surface area contributed by atoms with Crippen LogP contribution in [-0.4, -0.2) is 12.5 Å². The molecule has 1 N–H and O–H groups in total. The first-order valence-corrected chi connectivity index (χ1v) is 6.94. The minimum Gasteiger partial charge on any atom is -0.435 e. The highest BCUT2D eigenvalue weighted by Crippen LogP contribution is 2.46. The fourth-order valence-corrected chi connectivity index (χ4v) is 3.46. The Morgan fingerprint density at radius 3 is 2.80 bits per heavy atom. The first kappa shape index (κ1) is 13.3. The predicted octanol–water partition coefficient (Wildman–Crippen LogP) is 3.76. The van der Waals surface area contributed by atoms with Crippen LogP contribution in [0.25, 0.3) is 0 Å². The third-order valence-corrected chi connectivity index (χ3v) is 4.33. The molecule has 0 spiro atoms. The van der Waals surface area contributed by atoms with Gasteiger partial charge in [-0.1, -0.05) is 13.3 Å². The highest BCUT2D eigenvalue weighted by atomic mass is 19.3. The number of halogens is 2. The van der Waals surface area contributed by atoms with Gasteiger partial charge in [0.25, 0.3) is 0 Å². The molecule has 3 unspecified atom stereocenters. The molecule has 1 aliphatic carbocycles. The Hall–Kier alpha value is -1.65. The number of rotatable bonds is 3. The molecule has 1 aliphatic heterocycles. The van der Waals surface area contributed by atoms with Crippen LogP contribution in [0.1, 0.15) is 37.7 Å². The van der Waals surface area contributed by atoms with Gasteiger partial charge in [0.05, 0.1) is 5.92 Å². The van der Waals surface area contributed by atoms with Crippen molar-refractivity contribution < 1.29 is 18.3 Å². The molecule has 2 aliphatic rings. The summed E-state index contributed by atoms with van der Waals surface area (Å²) in [7, 11) is 0. The average Bonchev–Trinajstić information content (AvgIpc) is 2.91. The molecule has 0 radical (unpaired) electrons. The van der Waals surface area contributed by atoms with Crippen molar-refractivity contribution in [2.45, 2.75) is 38.7 Å². The number of carbonyl (C=O) groups excluding carboxylic acids is 1. The summed E-state index contributed by atoms with van der Waals surface area (Å²) in [5.74, 6) is 0.793. The number of fused-ring (bicyclic) bond motifs is 1. The summed E-state index contributed by atoms with van der Waals surface area (Å²) in [6.07, 6.45) is 3.15. The summed E-state index contributed by atoms with van der Waals surface area (Å²) >= 11 is 0. The van der Waals surface area contributed by atoms with Crippen molar-refractivity contribution in [2.75, 3.05) is 5.32 Å². The van der Waals surface area contributed by atoms with Gasteiger partial charge in [-0.15, -0.1) is 0 Å². The number of nitrogens with one attached hydrogen (secondary N) is 1. The quantitative estimate of drug-likeness (QED) is 0.916. The van der Waals surface area contributed by atoms with Crippen LogP contribution in [0.3, 0.4) is 0 Å². The van der Waals surface area contributed by atoms with Crippen LogP contribution in [-0.2, 0) is 4.79 Å². The topological polar surface area (TPSA) is 38.3 Å². The largest absolute Gasteiger partial charge is 0.435 e. The number of hydrogen-bond donors (Lipinski definition) is 1. The maximum absolute atomic E-state index is 12.3. The fourth-order valence-electron chi connectivity index (χ4n) is 3.46. The number of ether oxygens (including phenoxy) is 1. The lowest BCUT2D eigenvalue weighted by Crippen LogP contribution is -2.19. The zero-order chi connectivity index (χ0) is 14.3. The second-order valence-corrected chi connectivity index (χ2v) is 5.77. The molecule has 1 heterocycles. The third-order valence-electron chi connectivity index (χ3n) is 4.33. The lowest BCUT2D eigenvalue weighted by Gasteiger charge is -2.17. The van der Waals surface area contributed by atoms with Crippen LogP contribution in [0.15, 0.2) is 18.2 Å².